The van der Waals surface area contributed by atoms with E-state index in [1.54, 1.807) is 6.07 Å². The molecule has 4 heteroatoms. The number of anilines is 1. The van der Waals surface area contributed by atoms with Gasteiger partial charge in [0, 0.05) is 24.8 Å². The summed E-state index contributed by atoms with van der Waals surface area (Å²) in [7, 11) is 0. The molecule has 1 aromatic rings. The standard InChI is InChI=1S/C13H17N3O/c1-10-8-16(13(9-17)7-15-10)12-4-2-3-11(5-12)6-14/h2-5,10,13,15,17H,7-9H2,1H3. The van der Waals surface area contributed by atoms with Crippen molar-refractivity contribution in [3.8, 4) is 6.07 Å². The van der Waals surface area contributed by atoms with Crippen molar-refractivity contribution >= 4 is 5.69 Å². The number of hydrogen-bond donors (Lipinski definition) is 2. The second kappa shape index (κ2) is 5.17. The van der Waals surface area contributed by atoms with Crippen LogP contribution in [0.1, 0.15) is 12.5 Å². The Morgan fingerprint density at radius 2 is 2.41 bits per heavy atom. The smallest absolute Gasteiger partial charge is 0.0992 e. The molecule has 2 rings (SSSR count). The Hall–Kier alpha value is -1.57. The van der Waals surface area contributed by atoms with Gasteiger partial charge in [0.15, 0.2) is 0 Å². The largest absolute Gasteiger partial charge is 0.394 e. The molecule has 1 aliphatic heterocycles. The highest BCUT2D eigenvalue weighted by Crippen LogP contribution is 2.20. The van der Waals surface area contributed by atoms with Crippen molar-refractivity contribution in [3.63, 3.8) is 0 Å². The van der Waals surface area contributed by atoms with Gasteiger partial charge in [0.1, 0.15) is 0 Å². The van der Waals surface area contributed by atoms with E-state index in [4.69, 9.17) is 5.26 Å². The molecule has 2 N–H and O–H groups in total. The molecule has 0 radical (unpaired) electrons. The maximum atomic E-state index is 9.39. The molecule has 1 aliphatic rings. The zero-order chi connectivity index (χ0) is 12.3. The third-order valence-corrected chi connectivity index (χ3v) is 3.13. The fourth-order valence-corrected chi connectivity index (χ4v) is 2.19. The minimum Gasteiger partial charge on any atom is -0.394 e. The van der Waals surface area contributed by atoms with E-state index in [2.05, 4.69) is 23.2 Å². The van der Waals surface area contributed by atoms with E-state index in [1.807, 2.05) is 18.2 Å². The molecule has 1 fully saturated rings. The van der Waals surface area contributed by atoms with Gasteiger partial charge in [-0.3, -0.25) is 0 Å². The lowest BCUT2D eigenvalue weighted by Gasteiger charge is -2.40. The van der Waals surface area contributed by atoms with Crippen LogP contribution in [0.15, 0.2) is 24.3 Å². The van der Waals surface area contributed by atoms with Crippen LogP contribution in [-0.2, 0) is 0 Å². The molecule has 0 saturated carbocycles. The van der Waals surface area contributed by atoms with Gasteiger partial charge in [0.2, 0.25) is 0 Å². The average molecular weight is 231 g/mol. The Labute approximate surface area is 101 Å². The summed E-state index contributed by atoms with van der Waals surface area (Å²) in [6.07, 6.45) is 0. The molecule has 4 nitrogen and oxygen atoms in total. The maximum absolute atomic E-state index is 9.39. The summed E-state index contributed by atoms with van der Waals surface area (Å²) in [6, 6.07) is 10.2. The quantitative estimate of drug-likeness (QED) is 0.787. The molecule has 0 spiro atoms. The van der Waals surface area contributed by atoms with Gasteiger partial charge in [-0.15, -0.1) is 0 Å². The lowest BCUT2D eigenvalue weighted by Crippen LogP contribution is -2.57. The first-order valence-electron chi connectivity index (χ1n) is 5.85. The molecule has 1 heterocycles. The molecule has 2 unspecified atom stereocenters. The van der Waals surface area contributed by atoms with Crippen LogP contribution in [-0.4, -0.2) is 36.9 Å². The lowest BCUT2D eigenvalue weighted by atomic mass is 10.1. The third kappa shape index (κ3) is 2.57. The number of nitriles is 1. The summed E-state index contributed by atoms with van der Waals surface area (Å²) in [5, 5.41) is 21.6. The zero-order valence-electron chi connectivity index (χ0n) is 9.93. The average Bonchev–Trinajstić information content (AvgIpc) is 2.39. The number of aliphatic hydroxyl groups is 1. The number of hydrogen-bond acceptors (Lipinski definition) is 4. The van der Waals surface area contributed by atoms with E-state index in [0.717, 1.165) is 18.8 Å². The van der Waals surface area contributed by atoms with Crippen molar-refractivity contribution < 1.29 is 5.11 Å². The van der Waals surface area contributed by atoms with Gasteiger partial charge in [-0.1, -0.05) is 6.07 Å². The Bertz CT molecular complexity index is 427. The summed E-state index contributed by atoms with van der Waals surface area (Å²) < 4.78 is 0. The van der Waals surface area contributed by atoms with Crippen molar-refractivity contribution in [1.82, 2.24) is 5.32 Å². The molecule has 17 heavy (non-hydrogen) atoms. The van der Waals surface area contributed by atoms with Crippen LogP contribution in [0.5, 0.6) is 0 Å². The normalized spacial score (nSPS) is 24.4. The van der Waals surface area contributed by atoms with Crippen molar-refractivity contribution in [2.24, 2.45) is 0 Å². The minimum absolute atomic E-state index is 0.0835. The van der Waals surface area contributed by atoms with E-state index in [-0.39, 0.29) is 12.6 Å². The summed E-state index contributed by atoms with van der Waals surface area (Å²) in [5.41, 5.74) is 1.67. The fourth-order valence-electron chi connectivity index (χ4n) is 2.19. The molecule has 90 valence electrons. The number of benzene rings is 1. The topological polar surface area (TPSA) is 59.3 Å². The molecule has 2 atom stereocenters. The van der Waals surface area contributed by atoms with Crippen LogP contribution in [0.25, 0.3) is 0 Å². The molecule has 0 amide bonds. The Morgan fingerprint density at radius 3 is 3.12 bits per heavy atom. The molecule has 1 aromatic carbocycles. The molecule has 0 aliphatic carbocycles. The SMILES string of the molecule is CC1CN(c2cccc(C#N)c2)C(CO)CN1. The monoisotopic (exact) mass is 231 g/mol. The lowest BCUT2D eigenvalue weighted by molar-refractivity contribution is 0.237. The van der Waals surface area contributed by atoms with E-state index < -0.39 is 0 Å². The number of rotatable bonds is 2. The van der Waals surface area contributed by atoms with Gasteiger partial charge < -0.3 is 15.3 Å². The van der Waals surface area contributed by atoms with Gasteiger partial charge in [-0.05, 0) is 25.1 Å². The van der Waals surface area contributed by atoms with Crippen molar-refractivity contribution in [2.75, 3.05) is 24.6 Å². The van der Waals surface area contributed by atoms with E-state index >= 15 is 0 Å². The summed E-state index contributed by atoms with van der Waals surface area (Å²) in [4.78, 5) is 2.17. The number of nitrogens with one attached hydrogen (secondary N) is 1. The highest BCUT2D eigenvalue weighted by molar-refractivity contribution is 5.53. The molecule has 0 bridgehead atoms. The number of nitrogens with zero attached hydrogens (tertiary/aromatic N) is 2. The predicted molar refractivity (Wildman–Crippen MR) is 66.8 cm³/mol. The van der Waals surface area contributed by atoms with Crippen LogP contribution in [0, 0.1) is 11.3 Å². The Balaban J connectivity index is 2.26. The number of piperazine rings is 1. The van der Waals surface area contributed by atoms with Crippen LogP contribution in [0.3, 0.4) is 0 Å². The highest BCUT2D eigenvalue weighted by Gasteiger charge is 2.25. The highest BCUT2D eigenvalue weighted by atomic mass is 16.3. The van der Waals surface area contributed by atoms with Crippen LogP contribution < -0.4 is 10.2 Å². The van der Waals surface area contributed by atoms with Gasteiger partial charge in [0.25, 0.3) is 0 Å². The summed E-state index contributed by atoms with van der Waals surface area (Å²) >= 11 is 0. The predicted octanol–water partition coefficient (Wildman–Crippen LogP) is 0.717. The zero-order valence-corrected chi connectivity index (χ0v) is 9.93. The van der Waals surface area contributed by atoms with E-state index in [9.17, 15) is 5.11 Å². The third-order valence-electron chi connectivity index (χ3n) is 3.13. The first-order chi connectivity index (χ1) is 8.24. The first-order valence-corrected chi connectivity index (χ1v) is 5.85. The Kier molecular flexibility index (Phi) is 3.62. The van der Waals surface area contributed by atoms with Crippen LogP contribution in [0.2, 0.25) is 0 Å². The first kappa shape index (κ1) is 11.9. The van der Waals surface area contributed by atoms with Crippen molar-refractivity contribution in [1.29, 1.82) is 5.26 Å². The second-order valence-corrected chi connectivity index (χ2v) is 4.46. The molecule has 1 saturated heterocycles. The van der Waals surface area contributed by atoms with Crippen molar-refractivity contribution in [2.45, 2.75) is 19.0 Å². The minimum atomic E-state index is 0.0835. The van der Waals surface area contributed by atoms with Crippen LogP contribution >= 0.6 is 0 Å². The number of aliphatic hydroxyl groups excluding tert-OH is 1. The molecular formula is C13H17N3O. The van der Waals surface area contributed by atoms with Gasteiger partial charge in [0.05, 0.1) is 24.3 Å². The Morgan fingerprint density at radius 1 is 1.59 bits per heavy atom. The van der Waals surface area contributed by atoms with Crippen LogP contribution in [0.4, 0.5) is 5.69 Å². The maximum Gasteiger partial charge on any atom is 0.0992 e. The molecular weight excluding hydrogens is 214 g/mol. The van der Waals surface area contributed by atoms with Crippen molar-refractivity contribution in [3.05, 3.63) is 29.8 Å². The fraction of sp³-hybridized carbons (Fsp3) is 0.462. The van der Waals surface area contributed by atoms with E-state index in [1.165, 1.54) is 0 Å². The van der Waals surface area contributed by atoms with Gasteiger partial charge in [-0.25, -0.2) is 0 Å². The van der Waals surface area contributed by atoms with Gasteiger partial charge in [-0.2, -0.15) is 5.26 Å². The summed E-state index contributed by atoms with van der Waals surface area (Å²) in [6.45, 7) is 3.86. The van der Waals surface area contributed by atoms with E-state index in [0.29, 0.717) is 11.6 Å². The van der Waals surface area contributed by atoms with Gasteiger partial charge >= 0.3 is 0 Å². The molecule has 0 aromatic heterocycles. The second-order valence-electron chi connectivity index (χ2n) is 4.46. The summed E-state index contributed by atoms with van der Waals surface area (Å²) in [5.74, 6) is 0.